The molecule has 0 aromatic rings. The van der Waals surface area contributed by atoms with E-state index < -0.39 is 5.60 Å². The van der Waals surface area contributed by atoms with Crippen LogP contribution in [-0.4, -0.2) is 47.4 Å². The topological polar surface area (TPSA) is 64.8 Å². The number of hydrogen-bond acceptors (Lipinski definition) is 4. The van der Waals surface area contributed by atoms with Crippen molar-refractivity contribution >= 4 is 23.3 Å². The number of carbonyl (C=O) groups is 1. The van der Waals surface area contributed by atoms with Gasteiger partial charge in [0.1, 0.15) is 5.60 Å². The van der Waals surface area contributed by atoms with E-state index >= 15 is 0 Å². The lowest BCUT2D eigenvalue weighted by molar-refractivity contribution is 0.0241. The molecule has 1 unspecified atom stereocenters. The van der Waals surface area contributed by atoms with E-state index in [2.05, 4.69) is 0 Å². The molecule has 0 saturated carbocycles. The van der Waals surface area contributed by atoms with Crippen LogP contribution in [0.25, 0.3) is 0 Å². The van der Waals surface area contributed by atoms with E-state index in [9.17, 15) is 4.79 Å². The quantitative estimate of drug-likeness (QED) is 0.775. The molecule has 6 heteroatoms. The van der Waals surface area contributed by atoms with Gasteiger partial charge in [0.25, 0.3) is 0 Å². The predicted molar refractivity (Wildman–Crippen MR) is 68.9 cm³/mol. The molecule has 98 valence electrons. The SMILES string of the molecule is CC(C)(C)OC(=O)N1CCC(OCC(N)=S)C1. The average molecular weight is 260 g/mol. The van der Waals surface area contributed by atoms with Crippen molar-refractivity contribution in [2.45, 2.75) is 38.9 Å². The molecule has 17 heavy (non-hydrogen) atoms. The molecule has 1 atom stereocenters. The molecular weight excluding hydrogens is 240 g/mol. The Morgan fingerprint density at radius 3 is 2.71 bits per heavy atom. The Balaban J connectivity index is 2.34. The number of rotatable bonds is 3. The Hall–Kier alpha value is -0.880. The number of nitrogens with two attached hydrogens (primary N) is 1. The number of nitrogens with zero attached hydrogens (tertiary/aromatic N) is 1. The number of thiocarbonyl (C=S) groups is 1. The smallest absolute Gasteiger partial charge is 0.410 e. The summed E-state index contributed by atoms with van der Waals surface area (Å²) in [6, 6.07) is 0. The van der Waals surface area contributed by atoms with Gasteiger partial charge in [-0.2, -0.15) is 0 Å². The van der Waals surface area contributed by atoms with Crippen molar-refractivity contribution in [3.05, 3.63) is 0 Å². The third-order valence-corrected chi connectivity index (χ3v) is 2.38. The highest BCUT2D eigenvalue weighted by atomic mass is 32.1. The fourth-order valence-corrected chi connectivity index (χ4v) is 1.62. The summed E-state index contributed by atoms with van der Waals surface area (Å²) < 4.78 is 10.7. The van der Waals surface area contributed by atoms with Crippen molar-refractivity contribution in [1.29, 1.82) is 0 Å². The molecule has 0 aliphatic carbocycles. The van der Waals surface area contributed by atoms with Crippen LogP contribution in [0.1, 0.15) is 27.2 Å². The minimum atomic E-state index is -0.463. The number of amides is 1. The van der Waals surface area contributed by atoms with Crippen LogP contribution in [0.3, 0.4) is 0 Å². The van der Waals surface area contributed by atoms with Crippen LogP contribution in [0.5, 0.6) is 0 Å². The number of ether oxygens (including phenoxy) is 2. The van der Waals surface area contributed by atoms with Gasteiger partial charge in [-0.15, -0.1) is 0 Å². The lowest BCUT2D eigenvalue weighted by Crippen LogP contribution is -2.36. The second-order valence-corrected chi connectivity index (χ2v) is 5.64. The Labute approximate surface area is 107 Å². The first-order valence-corrected chi connectivity index (χ1v) is 6.06. The van der Waals surface area contributed by atoms with Crippen LogP contribution in [0.2, 0.25) is 0 Å². The molecule has 1 fully saturated rings. The van der Waals surface area contributed by atoms with Crippen molar-refractivity contribution in [3.63, 3.8) is 0 Å². The second kappa shape index (κ2) is 5.64. The lowest BCUT2D eigenvalue weighted by Gasteiger charge is -2.24. The maximum atomic E-state index is 11.7. The normalized spacial score (nSPS) is 20.4. The molecule has 1 saturated heterocycles. The average Bonchev–Trinajstić information content (AvgIpc) is 2.60. The molecule has 0 aromatic carbocycles. The molecule has 0 bridgehead atoms. The van der Waals surface area contributed by atoms with Crippen molar-refractivity contribution in [3.8, 4) is 0 Å². The highest BCUT2D eigenvalue weighted by Crippen LogP contribution is 2.16. The van der Waals surface area contributed by atoms with Crippen molar-refractivity contribution in [1.82, 2.24) is 4.90 Å². The Morgan fingerprint density at radius 1 is 1.53 bits per heavy atom. The summed E-state index contributed by atoms with van der Waals surface area (Å²) in [5, 5.41) is 0. The molecule has 0 radical (unpaired) electrons. The molecule has 1 rings (SSSR count). The highest BCUT2D eigenvalue weighted by Gasteiger charge is 2.30. The van der Waals surface area contributed by atoms with Gasteiger partial charge in [-0.05, 0) is 27.2 Å². The molecular formula is C11H20N2O3S. The summed E-state index contributed by atoms with van der Waals surface area (Å²) in [6.07, 6.45) is 0.505. The highest BCUT2D eigenvalue weighted by molar-refractivity contribution is 7.80. The first-order valence-electron chi connectivity index (χ1n) is 5.66. The van der Waals surface area contributed by atoms with E-state index in [0.717, 1.165) is 6.42 Å². The Morgan fingerprint density at radius 2 is 2.18 bits per heavy atom. The van der Waals surface area contributed by atoms with Gasteiger partial charge in [0.15, 0.2) is 0 Å². The first-order chi connectivity index (χ1) is 7.78. The van der Waals surface area contributed by atoms with Crippen LogP contribution in [-0.2, 0) is 9.47 Å². The van der Waals surface area contributed by atoms with Gasteiger partial charge >= 0.3 is 6.09 Å². The molecule has 1 amide bonds. The van der Waals surface area contributed by atoms with Crippen molar-refractivity contribution < 1.29 is 14.3 Å². The molecule has 1 aliphatic heterocycles. The van der Waals surface area contributed by atoms with E-state index in [1.165, 1.54) is 0 Å². The summed E-state index contributed by atoms with van der Waals surface area (Å²) >= 11 is 4.73. The third kappa shape index (κ3) is 5.32. The van der Waals surface area contributed by atoms with E-state index in [4.69, 9.17) is 27.4 Å². The van der Waals surface area contributed by atoms with Crippen molar-refractivity contribution in [2.24, 2.45) is 5.73 Å². The largest absolute Gasteiger partial charge is 0.444 e. The minimum Gasteiger partial charge on any atom is -0.444 e. The standard InChI is InChI=1S/C11H20N2O3S/c1-11(2,3)16-10(14)13-5-4-8(6-13)15-7-9(12)17/h8H,4-7H2,1-3H3,(H2,12,17). The summed E-state index contributed by atoms with van der Waals surface area (Å²) in [7, 11) is 0. The zero-order valence-corrected chi connectivity index (χ0v) is 11.4. The summed E-state index contributed by atoms with van der Waals surface area (Å²) in [6.45, 7) is 7.00. The monoisotopic (exact) mass is 260 g/mol. The lowest BCUT2D eigenvalue weighted by atomic mass is 10.2. The molecule has 0 aromatic heterocycles. The zero-order chi connectivity index (χ0) is 13.1. The van der Waals surface area contributed by atoms with Crippen LogP contribution in [0, 0.1) is 0 Å². The number of hydrogen-bond donors (Lipinski definition) is 1. The molecule has 1 heterocycles. The second-order valence-electron chi connectivity index (χ2n) is 5.11. The zero-order valence-electron chi connectivity index (χ0n) is 10.6. The molecule has 2 N–H and O–H groups in total. The van der Waals surface area contributed by atoms with Gasteiger partial charge < -0.3 is 20.1 Å². The van der Waals surface area contributed by atoms with E-state index in [1.807, 2.05) is 20.8 Å². The molecule has 5 nitrogen and oxygen atoms in total. The van der Waals surface area contributed by atoms with Gasteiger partial charge in [0.05, 0.1) is 24.2 Å². The fraction of sp³-hybridized carbons (Fsp3) is 0.818. The fourth-order valence-electron chi connectivity index (χ4n) is 1.56. The number of carbonyl (C=O) groups excluding carboxylic acids is 1. The summed E-state index contributed by atoms with van der Waals surface area (Å²) in [4.78, 5) is 13.7. The summed E-state index contributed by atoms with van der Waals surface area (Å²) in [5.74, 6) is 0. The first kappa shape index (κ1) is 14.2. The summed E-state index contributed by atoms with van der Waals surface area (Å²) in [5.41, 5.74) is 4.89. The van der Waals surface area contributed by atoms with Gasteiger partial charge in [0.2, 0.25) is 0 Å². The third-order valence-electron chi connectivity index (χ3n) is 2.26. The van der Waals surface area contributed by atoms with Gasteiger partial charge in [0, 0.05) is 6.54 Å². The van der Waals surface area contributed by atoms with E-state index in [1.54, 1.807) is 4.90 Å². The molecule has 0 spiro atoms. The van der Waals surface area contributed by atoms with Crippen LogP contribution < -0.4 is 5.73 Å². The predicted octanol–water partition coefficient (Wildman–Crippen LogP) is 1.30. The van der Waals surface area contributed by atoms with Crippen LogP contribution in [0.15, 0.2) is 0 Å². The van der Waals surface area contributed by atoms with Gasteiger partial charge in [-0.1, -0.05) is 12.2 Å². The Bertz CT molecular complexity index is 302. The number of likely N-dealkylation sites (tertiary alicyclic amines) is 1. The van der Waals surface area contributed by atoms with Crippen LogP contribution in [0.4, 0.5) is 4.79 Å². The maximum absolute atomic E-state index is 11.7. The maximum Gasteiger partial charge on any atom is 0.410 e. The van der Waals surface area contributed by atoms with Gasteiger partial charge in [-0.3, -0.25) is 0 Å². The van der Waals surface area contributed by atoms with Gasteiger partial charge in [-0.25, -0.2) is 4.79 Å². The Kier molecular flexibility index (Phi) is 4.70. The molecule has 1 aliphatic rings. The van der Waals surface area contributed by atoms with Crippen LogP contribution >= 0.6 is 12.2 Å². The minimum absolute atomic E-state index is 0.00372. The van der Waals surface area contributed by atoms with E-state index in [0.29, 0.717) is 18.1 Å². The van der Waals surface area contributed by atoms with E-state index in [-0.39, 0.29) is 18.8 Å². The van der Waals surface area contributed by atoms with Crippen molar-refractivity contribution in [2.75, 3.05) is 19.7 Å².